The number of carbonyl (C=O) groups is 3. The molecule has 2 aromatic carbocycles. The maximum atomic E-state index is 12.6. The molecule has 1 aromatic heterocycles. The van der Waals surface area contributed by atoms with Crippen LogP contribution in [0.4, 0.5) is 11.4 Å². The van der Waals surface area contributed by atoms with Crippen LogP contribution >= 0.6 is 0 Å². The molecule has 29 heavy (non-hydrogen) atoms. The third kappa shape index (κ3) is 4.93. The minimum Gasteiger partial charge on any atom is -0.321 e. The SMILES string of the molecule is CCc1ccccc1NC(=O)c1cccc(C(=O)Nc2cccc(C(C)=O)c2)n1. The van der Waals surface area contributed by atoms with Gasteiger partial charge >= 0.3 is 0 Å². The van der Waals surface area contributed by atoms with Crippen molar-refractivity contribution < 1.29 is 14.4 Å². The van der Waals surface area contributed by atoms with Crippen LogP contribution in [0.2, 0.25) is 0 Å². The minimum atomic E-state index is -0.464. The number of nitrogens with zero attached hydrogens (tertiary/aromatic N) is 1. The normalized spacial score (nSPS) is 10.3. The summed E-state index contributed by atoms with van der Waals surface area (Å²) >= 11 is 0. The average molecular weight is 387 g/mol. The molecule has 0 aliphatic heterocycles. The molecule has 3 aromatic rings. The van der Waals surface area contributed by atoms with Gasteiger partial charge in [0.1, 0.15) is 11.4 Å². The van der Waals surface area contributed by atoms with Gasteiger partial charge in [0.15, 0.2) is 5.78 Å². The van der Waals surface area contributed by atoms with Crippen molar-refractivity contribution in [2.45, 2.75) is 20.3 Å². The van der Waals surface area contributed by atoms with Gasteiger partial charge in [-0.1, -0.05) is 43.3 Å². The second-order valence-electron chi connectivity index (χ2n) is 6.46. The first-order valence-electron chi connectivity index (χ1n) is 9.26. The molecule has 0 fully saturated rings. The Kier molecular flexibility index (Phi) is 6.14. The van der Waals surface area contributed by atoms with E-state index < -0.39 is 5.91 Å². The van der Waals surface area contributed by atoms with E-state index in [1.165, 1.54) is 13.0 Å². The summed E-state index contributed by atoms with van der Waals surface area (Å²) in [5.41, 5.74) is 2.96. The fraction of sp³-hybridized carbons (Fsp3) is 0.130. The fourth-order valence-corrected chi connectivity index (χ4v) is 2.84. The van der Waals surface area contributed by atoms with Gasteiger partial charge in [-0.3, -0.25) is 14.4 Å². The van der Waals surface area contributed by atoms with Crippen molar-refractivity contribution in [1.29, 1.82) is 0 Å². The lowest BCUT2D eigenvalue weighted by Crippen LogP contribution is -2.19. The third-order valence-electron chi connectivity index (χ3n) is 4.39. The smallest absolute Gasteiger partial charge is 0.274 e. The van der Waals surface area contributed by atoms with Gasteiger partial charge in [-0.05, 0) is 49.2 Å². The van der Waals surface area contributed by atoms with Gasteiger partial charge in [-0.2, -0.15) is 0 Å². The van der Waals surface area contributed by atoms with Crippen molar-refractivity contribution in [3.8, 4) is 0 Å². The number of aryl methyl sites for hydroxylation is 1. The van der Waals surface area contributed by atoms with Gasteiger partial charge in [0.05, 0.1) is 0 Å². The predicted octanol–water partition coefficient (Wildman–Crippen LogP) is 4.35. The maximum Gasteiger partial charge on any atom is 0.274 e. The monoisotopic (exact) mass is 387 g/mol. The lowest BCUT2D eigenvalue weighted by atomic mass is 10.1. The van der Waals surface area contributed by atoms with Gasteiger partial charge in [0.25, 0.3) is 11.8 Å². The molecule has 2 amide bonds. The molecule has 6 heteroatoms. The first-order chi connectivity index (χ1) is 14.0. The van der Waals surface area contributed by atoms with E-state index in [-0.39, 0.29) is 23.1 Å². The van der Waals surface area contributed by atoms with Crippen LogP contribution in [0, 0.1) is 0 Å². The van der Waals surface area contributed by atoms with Gasteiger partial charge in [0, 0.05) is 16.9 Å². The summed E-state index contributed by atoms with van der Waals surface area (Å²) in [6.07, 6.45) is 0.783. The van der Waals surface area contributed by atoms with Crippen molar-refractivity contribution >= 4 is 29.0 Å². The molecule has 0 saturated carbocycles. The van der Waals surface area contributed by atoms with Crippen molar-refractivity contribution in [2.24, 2.45) is 0 Å². The van der Waals surface area contributed by atoms with E-state index in [0.29, 0.717) is 11.3 Å². The first-order valence-corrected chi connectivity index (χ1v) is 9.26. The second kappa shape index (κ2) is 8.93. The molecule has 0 atom stereocenters. The minimum absolute atomic E-state index is 0.0924. The van der Waals surface area contributed by atoms with Crippen LogP contribution in [0.15, 0.2) is 66.7 Å². The Morgan fingerprint density at radius 2 is 1.48 bits per heavy atom. The number of rotatable bonds is 6. The Morgan fingerprint density at radius 1 is 0.828 bits per heavy atom. The lowest BCUT2D eigenvalue weighted by Gasteiger charge is -2.10. The summed E-state index contributed by atoms with van der Waals surface area (Å²) in [6.45, 7) is 3.47. The average Bonchev–Trinajstić information content (AvgIpc) is 2.74. The van der Waals surface area contributed by atoms with E-state index in [9.17, 15) is 14.4 Å². The Morgan fingerprint density at radius 3 is 2.17 bits per heavy atom. The molecule has 3 rings (SSSR count). The Bertz CT molecular complexity index is 1080. The van der Waals surface area contributed by atoms with E-state index in [2.05, 4.69) is 15.6 Å². The Hall–Kier alpha value is -3.80. The summed E-state index contributed by atoms with van der Waals surface area (Å²) in [5.74, 6) is -0.946. The molecule has 0 spiro atoms. The molecule has 6 nitrogen and oxygen atoms in total. The van der Waals surface area contributed by atoms with E-state index >= 15 is 0 Å². The predicted molar refractivity (Wildman–Crippen MR) is 112 cm³/mol. The standard InChI is InChI=1S/C23H21N3O3/c1-3-16-8-4-5-11-19(16)26-23(29)21-13-7-12-20(25-21)22(28)24-18-10-6-9-17(14-18)15(2)27/h4-14H,3H2,1-2H3,(H,24,28)(H,26,29). The third-order valence-corrected chi connectivity index (χ3v) is 4.39. The van der Waals surface area contributed by atoms with Crippen LogP contribution in [-0.4, -0.2) is 22.6 Å². The Labute approximate surface area is 169 Å². The number of hydrogen-bond donors (Lipinski definition) is 2. The summed E-state index contributed by atoms with van der Waals surface area (Å²) < 4.78 is 0. The molecular weight excluding hydrogens is 366 g/mol. The molecule has 0 saturated heterocycles. The lowest BCUT2D eigenvalue weighted by molar-refractivity contribution is 0.100. The van der Waals surface area contributed by atoms with Gasteiger partial charge in [-0.25, -0.2) is 4.98 Å². The zero-order valence-electron chi connectivity index (χ0n) is 16.2. The number of benzene rings is 2. The van der Waals surface area contributed by atoms with Crippen LogP contribution in [0.1, 0.15) is 50.7 Å². The van der Waals surface area contributed by atoms with E-state index in [0.717, 1.165) is 17.7 Å². The number of pyridine rings is 1. The van der Waals surface area contributed by atoms with Crippen molar-refractivity contribution in [3.63, 3.8) is 0 Å². The van der Waals surface area contributed by atoms with Crippen molar-refractivity contribution in [1.82, 2.24) is 4.98 Å². The topological polar surface area (TPSA) is 88.2 Å². The molecule has 0 aliphatic carbocycles. The Balaban J connectivity index is 1.76. The highest BCUT2D eigenvalue weighted by atomic mass is 16.2. The zero-order valence-corrected chi connectivity index (χ0v) is 16.2. The van der Waals surface area contributed by atoms with E-state index in [1.54, 1.807) is 36.4 Å². The fourth-order valence-electron chi connectivity index (χ4n) is 2.84. The summed E-state index contributed by atoms with van der Waals surface area (Å²) in [6, 6.07) is 18.9. The van der Waals surface area contributed by atoms with E-state index in [4.69, 9.17) is 0 Å². The number of hydrogen-bond acceptors (Lipinski definition) is 4. The molecule has 0 unspecified atom stereocenters. The number of nitrogens with one attached hydrogen (secondary N) is 2. The quantitative estimate of drug-likeness (QED) is 0.616. The molecule has 146 valence electrons. The van der Waals surface area contributed by atoms with Crippen LogP contribution in [0.5, 0.6) is 0 Å². The van der Waals surface area contributed by atoms with Crippen LogP contribution < -0.4 is 10.6 Å². The largest absolute Gasteiger partial charge is 0.321 e. The molecule has 0 radical (unpaired) electrons. The molecule has 1 heterocycles. The number of carbonyl (C=O) groups excluding carboxylic acids is 3. The number of anilines is 2. The van der Waals surface area contributed by atoms with Gasteiger partial charge in [0.2, 0.25) is 0 Å². The molecule has 0 bridgehead atoms. The number of amides is 2. The van der Waals surface area contributed by atoms with Gasteiger partial charge in [-0.15, -0.1) is 0 Å². The number of Topliss-reactive ketones (excluding diaryl/α,β-unsaturated/α-hetero) is 1. The zero-order chi connectivity index (χ0) is 20.8. The molecule has 2 N–H and O–H groups in total. The summed E-state index contributed by atoms with van der Waals surface area (Å²) in [5, 5.41) is 5.55. The second-order valence-corrected chi connectivity index (χ2v) is 6.46. The summed E-state index contributed by atoms with van der Waals surface area (Å²) in [7, 11) is 0. The highest BCUT2D eigenvalue weighted by molar-refractivity contribution is 6.06. The maximum absolute atomic E-state index is 12.6. The van der Waals surface area contributed by atoms with Crippen molar-refractivity contribution in [2.75, 3.05) is 10.6 Å². The number of ketones is 1. The highest BCUT2D eigenvalue weighted by Gasteiger charge is 2.14. The van der Waals surface area contributed by atoms with E-state index in [1.807, 2.05) is 31.2 Å². The highest BCUT2D eigenvalue weighted by Crippen LogP contribution is 2.17. The van der Waals surface area contributed by atoms with Crippen molar-refractivity contribution in [3.05, 3.63) is 89.2 Å². The van der Waals surface area contributed by atoms with Crippen LogP contribution in [0.3, 0.4) is 0 Å². The summed E-state index contributed by atoms with van der Waals surface area (Å²) in [4.78, 5) is 40.8. The number of aromatic nitrogens is 1. The molecule has 0 aliphatic rings. The van der Waals surface area contributed by atoms with Crippen LogP contribution in [0.25, 0.3) is 0 Å². The van der Waals surface area contributed by atoms with Crippen LogP contribution in [-0.2, 0) is 6.42 Å². The molecular formula is C23H21N3O3. The van der Waals surface area contributed by atoms with Gasteiger partial charge < -0.3 is 10.6 Å². The number of para-hydroxylation sites is 1. The first kappa shape index (κ1) is 19.9.